The Kier molecular flexibility index (Phi) is 4.83. The molecule has 0 amide bonds. The Hall–Kier alpha value is -3.06. The van der Waals surface area contributed by atoms with Crippen LogP contribution in [0.5, 0.6) is 0 Å². The van der Waals surface area contributed by atoms with Gasteiger partial charge in [0.2, 0.25) is 5.89 Å². The fraction of sp³-hybridized carbons (Fsp3) is 0.304. The minimum absolute atomic E-state index is 0.218. The molecule has 1 aliphatic rings. The standard InChI is InChI=1S/C23H21F2N3O2/c1-14-20(27-23(29-14)16-9-17(24)11-18(25)10-16)13-28-8-4-5-15(12-28)22-26-19-6-2-3-7-21(19)30-22/h2-3,6-7,9-11,15H,4-5,8,12-13H2,1H3. The van der Waals surface area contributed by atoms with E-state index in [0.29, 0.717) is 17.9 Å². The van der Waals surface area contributed by atoms with Crippen molar-refractivity contribution in [2.75, 3.05) is 13.1 Å². The molecule has 0 radical (unpaired) electrons. The first-order valence-electron chi connectivity index (χ1n) is 10.1. The number of aryl methyl sites for hydroxylation is 1. The maximum absolute atomic E-state index is 13.5. The van der Waals surface area contributed by atoms with Gasteiger partial charge in [-0.15, -0.1) is 0 Å². The molecule has 0 aliphatic carbocycles. The minimum atomic E-state index is -0.653. The van der Waals surface area contributed by atoms with Crippen molar-refractivity contribution in [3.63, 3.8) is 0 Å². The molecule has 1 saturated heterocycles. The van der Waals surface area contributed by atoms with E-state index in [1.807, 2.05) is 31.2 Å². The summed E-state index contributed by atoms with van der Waals surface area (Å²) in [6, 6.07) is 11.1. The molecule has 1 unspecified atom stereocenters. The van der Waals surface area contributed by atoms with E-state index in [9.17, 15) is 8.78 Å². The normalized spacial score (nSPS) is 17.6. The number of para-hydroxylation sites is 2. The lowest BCUT2D eigenvalue weighted by Crippen LogP contribution is -2.34. The maximum Gasteiger partial charge on any atom is 0.226 e. The third-order valence-corrected chi connectivity index (χ3v) is 5.54. The number of hydrogen-bond acceptors (Lipinski definition) is 5. The Balaban J connectivity index is 1.33. The number of rotatable bonds is 4. The van der Waals surface area contributed by atoms with Crippen molar-refractivity contribution < 1.29 is 17.6 Å². The highest BCUT2D eigenvalue weighted by atomic mass is 19.1. The smallest absolute Gasteiger partial charge is 0.226 e. The van der Waals surface area contributed by atoms with E-state index in [2.05, 4.69) is 14.9 Å². The second kappa shape index (κ2) is 7.65. The number of hydrogen-bond donors (Lipinski definition) is 0. The van der Waals surface area contributed by atoms with Crippen LogP contribution in [0.4, 0.5) is 8.78 Å². The molecule has 2 aromatic carbocycles. The molecule has 5 rings (SSSR count). The van der Waals surface area contributed by atoms with Crippen LogP contribution in [0.15, 0.2) is 51.3 Å². The molecule has 2 aromatic heterocycles. The SMILES string of the molecule is Cc1oc(-c2cc(F)cc(F)c2)nc1CN1CCCC(c2nc3ccccc3o2)C1. The van der Waals surface area contributed by atoms with Crippen molar-refractivity contribution in [2.24, 2.45) is 0 Å². The van der Waals surface area contributed by atoms with Gasteiger partial charge in [0.15, 0.2) is 11.5 Å². The highest BCUT2D eigenvalue weighted by Crippen LogP contribution is 2.30. The van der Waals surface area contributed by atoms with Crippen molar-refractivity contribution in [1.82, 2.24) is 14.9 Å². The van der Waals surface area contributed by atoms with Crippen LogP contribution in [-0.4, -0.2) is 28.0 Å². The summed E-state index contributed by atoms with van der Waals surface area (Å²) < 4.78 is 38.8. The molecule has 1 atom stereocenters. The summed E-state index contributed by atoms with van der Waals surface area (Å²) in [6.45, 7) is 4.17. The minimum Gasteiger partial charge on any atom is -0.441 e. The lowest BCUT2D eigenvalue weighted by molar-refractivity contribution is 0.185. The lowest BCUT2D eigenvalue weighted by atomic mass is 9.98. The number of fused-ring (bicyclic) bond motifs is 1. The summed E-state index contributed by atoms with van der Waals surface area (Å²) in [4.78, 5) is 11.5. The van der Waals surface area contributed by atoms with Crippen molar-refractivity contribution in [3.05, 3.63) is 71.4 Å². The molecule has 0 N–H and O–H groups in total. The fourth-order valence-corrected chi connectivity index (χ4v) is 4.05. The third kappa shape index (κ3) is 3.73. The van der Waals surface area contributed by atoms with Crippen LogP contribution in [0.1, 0.15) is 36.1 Å². The molecule has 0 spiro atoms. The maximum atomic E-state index is 13.5. The number of aromatic nitrogens is 2. The van der Waals surface area contributed by atoms with E-state index in [1.54, 1.807) is 0 Å². The number of benzene rings is 2. The number of oxazole rings is 2. The quantitative estimate of drug-likeness (QED) is 0.449. The van der Waals surface area contributed by atoms with Gasteiger partial charge in [0.05, 0.1) is 5.69 Å². The van der Waals surface area contributed by atoms with E-state index in [-0.39, 0.29) is 11.8 Å². The van der Waals surface area contributed by atoms with Gasteiger partial charge in [0.1, 0.15) is 22.9 Å². The van der Waals surface area contributed by atoms with Gasteiger partial charge in [-0.1, -0.05) is 12.1 Å². The molecular formula is C23H21F2N3O2. The third-order valence-electron chi connectivity index (χ3n) is 5.54. The van der Waals surface area contributed by atoms with Crippen molar-refractivity contribution in [3.8, 4) is 11.5 Å². The van der Waals surface area contributed by atoms with Crippen LogP contribution in [-0.2, 0) is 6.54 Å². The zero-order valence-electron chi connectivity index (χ0n) is 16.6. The Labute approximate surface area is 172 Å². The first-order valence-corrected chi connectivity index (χ1v) is 10.1. The van der Waals surface area contributed by atoms with E-state index < -0.39 is 11.6 Å². The molecule has 0 bridgehead atoms. The van der Waals surface area contributed by atoms with Gasteiger partial charge in [0, 0.05) is 30.6 Å². The number of nitrogens with zero attached hydrogens (tertiary/aromatic N) is 3. The average Bonchev–Trinajstić information content (AvgIpc) is 3.31. The molecule has 3 heterocycles. The molecule has 4 aromatic rings. The first kappa shape index (κ1) is 18.9. The largest absolute Gasteiger partial charge is 0.441 e. The van der Waals surface area contributed by atoms with Gasteiger partial charge in [-0.05, 0) is 50.6 Å². The van der Waals surface area contributed by atoms with Crippen LogP contribution >= 0.6 is 0 Å². The average molecular weight is 409 g/mol. The Morgan fingerprint density at radius 2 is 1.87 bits per heavy atom. The Bertz CT molecular complexity index is 1150. The van der Waals surface area contributed by atoms with E-state index in [1.165, 1.54) is 12.1 Å². The van der Waals surface area contributed by atoms with E-state index in [4.69, 9.17) is 8.83 Å². The van der Waals surface area contributed by atoms with Crippen molar-refractivity contribution >= 4 is 11.1 Å². The molecule has 5 nitrogen and oxygen atoms in total. The number of halogens is 2. The summed E-state index contributed by atoms with van der Waals surface area (Å²) in [5.41, 5.74) is 2.76. The van der Waals surface area contributed by atoms with Gasteiger partial charge < -0.3 is 8.83 Å². The summed E-state index contributed by atoms with van der Waals surface area (Å²) in [5.74, 6) is 0.565. The van der Waals surface area contributed by atoms with E-state index in [0.717, 1.165) is 54.7 Å². The summed E-state index contributed by atoms with van der Waals surface area (Å²) in [5, 5.41) is 0. The fourth-order valence-electron chi connectivity index (χ4n) is 4.05. The molecule has 154 valence electrons. The predicted molar refractivity (Wildman–Crippen MR) is 108 cm³/mol. The van der Waals surface area contributed by atoms with Gasteiger partial charge in [-0.3, -0.25) is 4.90 Å². The van der Waals surface area contributed by atoms with Crippen LogP contribution in [0, 0.1) is 18.6 Å². The molecule has 30 heavy (non-hydrogen) atoms. The molecule has 0 saturated carbocycles. The number of likely N-dealkylation sites (tertiary alicyclic amines) is 1. The van der Waals surface area contributed by atoms with Gasteiger partial charge in [-0.25, -0.2) is 18.7 Å². The zero-order valence-corrected chi connectivity index (χ0v) is 16.6. The van der Waals surface area contributed by atoms with Crippen LogP contribution in [0.2, 0.25) is 0 Å². The highest BCUT2D eigenvalue weighted by molar-refractivity contribution is 5.72. The second-order valence-electron chi connectivity index (χ2n) is 7.77. The van der Waals surface area contributed by atoms with Crippen molar-refractivity contribution in [2.45, 2.75) is 32.2 Å². The topological polar surface area (TPSA) is 55.3 Å². The zero-order chi connectivity index (χ0) is 20.7. The van der Waals surface area contributed by atoms with Gasteiger partial charge >= 0.3 is 0 Å². The summed E-state index contributed by atoms with van der Waals surface area (Å²) in [7, 11) is 0. The summed E-state index contributed by atoms with van der Waals surface area (Å²) in [6.07, 6.45) is 2.05. The number of piperidine rings is 1. The first-order chi connectivity index (χ1) is 14.5. The second-order valence-corrected chi connectivity index (χ2v) is 7.77. The molecular weight excluding hydrogens is 388 g/mol. The molecule has 1 fully saturated rings. The summed E-state index contributed by atoms with van der Waals surface area (Å²) >= 11 is 0. The monoisotopic (exact) mass is 409 g/mol. The lowest BCUT2D eigenvalue weighted by Gasteiger charge is -2.30. The Morgan fingerprint density at radius 3 is 2.67 bits per heavy atom. The van der Waals surface area contributed by atoms with Crippen molar-refractivity contribution in [1.29, 1.82) is 0 Å². The van der Waals surface area contributed by atoms with Crippen LogP contribution < -0.4 is 0 Å². The van der Waals surface area contributed by atoms with E-state index >= 15 is 0 Å². The van der Waals surface area contributed by atoms with Crippen LogP contribution in [0.3, 0.4) is 0 Å². The highest BCUT2D eigenvalue weighted by Gasteiger charge is 2.27. The van der Waals surface area contributed by atoms with Gasteiger partial charge in [0.25, 0.3) is 0 Å². The van der Waals surface area contributed by atoms with Gasteiger partial charge in [-0.2, -0.15) is 0 Å². The molecule has 7 heteroatoms. The van der Waals surface area contributed by atoms with Crippen LogP contribution in [0.25, 0.3) is 22.6 Å². The predicted octanol–water partition coefficient (Wildman–Crippen LogP) is 5.45. The Morgan fingerprint density at radius 1 is 1.07 bits per heavy atom. The molecule has 1 aliphatic heterocycles.